The average molecular weight is 433 g/mol. The van der Waals surface area contributed by atoms with Crippen LogP contribution in [0.15, 0.2) is 70.8 Å². The molecule has 0 aliphatic carbocycles. The van der Waals surface area contributed by atoms with Crippen molar-refractivity contribution < 1.29 is 4.79 Å². The molecule has 1 aliphatic rings. The van der Waals surface area contributed by atoms with E-state index in [0.29, 0.717) is 13.1 Å². The van der Waals surface area contributed by atoms with Gasteiger partial charge in [0.1, 0.15) is 5.03 Å². The summed E-state index contributed by atoms with van der Waals surface area (Å²) in [6, 6.07) is 16.6. The molecule has 1 aromatic heterocycles. The van der Waals surface area contributed by atoms with Crippen LogP contribution < -0.4 is 10.2 Å². The normalized spacial score (nSPS) is 16.2. The molecular weight excluding hydrogens is 404 g/mol. The Labute approximate surface area is 188 Å². The third kappa shape index (κ3) is 5.44. The van der Waals surface area contributed by atoms with Crippen molar-refractivity contribution in [2.75, 3.05) is 18.0 Å². The highest BCUT2D eigenvalue weighted by Gasteiger charge is 2.28. The van der Waals surface area contributed by atoms with Gasteiger partial charge in [0.15, 0.2) is 5.82 Å². The number of carbonyl (C=O) groups excluding carboxylic acids is 1. The molecular formula is C25H28N4OS. The summed E-state index contributed by atoms with van der Waals surface area (Å²) in [4.78, 5) is 25.4. The molecule has 0 radical (unpaired) electrons. The number of aryl methyl sites for hydroxylation is 2. The lowest BCUT2D eigenvalue weighted by molar-refractivity contribution is -0.125. The first-order valence-electron chi connectivity index (χ1n) is 10.7. The molecule has 1 amide bonds. The molecule has 6 heteroatoms. The third-order valence-corrected chi connectivity index (χ3v) is 6.68. The molecule has 0 saturated carbocycles. The van der Waals surface area contributed by atoms with Crippen LogP contribution in [-0.4, -0.2) is 29.0 Å². The molecule has 5 nitrogen and oxygen atoms in total. The summed E-state index contributed by atoms with van der Waals surface area (Å²) in [7, 11) is 0. The van der Waals surface area contributed by atoms with Gasteiger partial charge < -0.3 is 10.2 Å². The minimum absolute atomic E-state index is 0.0444. The molecule has 0 unspecified atom stereocenters. The number of hydrogen-bond donors (Lipinski definition) is 1. The maximum Gasteiger partial charge on any atom is 0.225 e. The number of nitrogens with one attached hydrogen (secondary N) is 1. The predicted octanol–water partition coefficient (Wildman–Crippen LogP) is 4.78. The first-order chi connectivity index (χ1) is 15.1. The van der Waals surface area contributed by atoms with Crippen LogP contribution >= 0.6 is 11.8 Å². The van der Waals surface area contributed by atoms with Gasteiger partial charge in [-0.25, -0.2) is 9.97 Å². The van der Waals surface area contributed by atoms with Crippen molar-refractivity contribution in [3.05, 3.63) is 77.6 Å². The van der Waals surface area contributed by atoms with E-state index in [2.05, 4.69) is 70.4 Å². The van der Waals surface area contributed by atoms with Gasteiger partial charge in [-0.1, -0.05) is 53.7 Å². The van der Waals surface area contributed by atoms with Gasteiger partial charge in [0.2, 0.25) is 5.91 Å². The highest BCUT2D eigenvalue weighted by atomic mass is 32.2. The van der Waals surface area contributed by atoms with Gasteiger partial charge in [-0.2, -0.15) is 0 Å². The Morgan fingerprint density at radius 2 is 1.87 bits per heavy atom. The smallest absolute Gasteiger partial charge is 0.225 e. The Kier molecular flexibility index (Phi) is 6.87. The zero-order valence-corrected chi connectivity index (χ0v) is 18.9. The van der Waals surface area contributed by atoms with Gasteiger partial charge in [-0.3, -0.25) is 4.79 Å². The molecule has 0 bridgehead atoms. The number of rotatable bonds is 6. The van der Waals surface area contributed by atoms with E-state index in [1.807, 2.05) is 12.1 Å². The lowest BCUT2D eigenvalue weighted by atomic mass is 9.97. The van der Waals surface area contributed by atoms with Gasteiger partial charge in [0.05, 0.1) is 5.92 Å². The largest absolute Gasteiger partial charge is 0.354 e. The topological polar surface area (TPSA) is 58.1 Å². The maximum absolute atomic E-state index is 12.9. The quantitative estimate of drug-likeness (QED) is 0.608. The minimum Gasteiger partial charge on any atom is -0.354 e. The summed E-state index contributed by atoms with van der Waals surface area (Å²) >= 11 is 1.62. The first-order valence-corrected chi connectivity index (χ1v) is 11.5. The monoisotopic (exact) mass is 432 g/mol. The molecule has 31 heavy (non-hydrogen) atoms. The van der Waals surface area contributed by atoms with Gasteiger partial charge in [0, 0.05) is 36.9 Å². The molecule has 2 aromatic carbocycles. The summed E-state index contributed by atoms with van der Waals surface area (Å²) in [5.41, 5.74) is 3.60. The number of amides is 1. The lowest BCUT2D eigenvalue weighted by Crippen LogP contribution is -2.43. The second-order valence-electron chi connectivity index (χ2n) is 8.03. The Hall–Kier alpha value is -2.86. The molecule has 1 atom stereocenters. The average Bonchev–Trinajstić information content (AvgIpc) is 2.80. The van der Waals surface area contributed by atoms with Crippen LogP contribution in [0.3, 0.4) is 0 Å². The van der Waals surface area contributed by atoms with Gasteiger partial charge in [-0.15, -0.1) is 0 Å². The second kappa shape index (κ2) is 9.96. The van der Waals surface area contributed by atoms with Crippen molar-refractivity contribution in [3.63, 3.8) is 0 Å². The molecule has 2 heterocycles. The molecule has 4 rings (SSSR count). The van der Waals surface area contributed by atoms with E-state index < -0.39 is 0 Å². The second-order valence-corrected chi connectivity index (χ2v) is 9.09. The molecule has 1 saturated heterocycles. The lowest BCUT2D eigenvalue weighted by Gasteiger charge is -2.33. The van der Waals surface area contributed by atoms with Crippen LogP contribution in [0.4, 0.5) is 5.82 Å². The van der Waals surface area contributed by atoms with Crippen LogP contribution in [-0.2, 0) is 11.3 Å². The molecule has 1 N–H and O–H groups in total. The van der Waals surface area contributed by atoms with Crippen LogP contribution in [0.25, 0.3) is 0 Å². The fourth-order valence-electron chi connectivity index (χ4n) is 3.84. The maximum atomic E-state index is 12.9. The van der Waals surface area contributed by atoms with Crippen LogP contribution in [0, 0.1) is 19.8 Å². The van der Waals surface area contributed by atoms with E-state index >= 15 is 0 Å². The third-order valence-electron chi connectivity index (χ3n) is 5.69. The molecule has 160 valence electrons. The molecule has 1 aliphatic heterocycles. The number of carbonyl (C=O) groups is 1. The van der Waals surface area contributed by atoms with E-state index in [1.165, 1.54) is 11.1 Å². The molecule has 3 aromatic rings. The molecule has 1 fully saturated rings. The van der Waals surface area contributed by atoms with E-state index in [0.717, 1.165) is 40.7 Å². The van der Waals surface area contributed by atoms with Crippen LogP contribution in [0.5, 0.6) is 0 Å². The standard InChI is InChI=1S/C25H28N4OS/c1-18-9-11-22(12-10-18)31-25-23(26-13-14-27-25)29-15-5-8-21(17-29)24(30)28-16-20-7-4-3-6-19(20)2/h3-4,6-7,9-14,21H,5,8,15-17H2,1-2H3,(H,28,30)/t21-/m1/s1. The summed E-state index contributed by atoms with van der Waals surface area (Å²) < 4.78 is 0. The number of aromatic nitrogens is 2. The van der Waals surface area contributed by atoms with Gasteiger partial charge in [-0.05, 0) is 49.9 Å². The highest BCUT2D eigenvalue weighted by Crippen LogP contribution is 2.34. The Morgan fingerprint density at radius 3 is 2.68 bits per heavy atom. The molecule has 0 spiro atoms. The van der Waals surface area contributed by atoms with Crippen molar-refractivity contribution in [1.82, 2.24) is 15.3 Å². The first kappa shape index (κ1) is 21.4. The van der Waals surface area contributed by atoms with Gasteiger partial charge >= 0.3 is 0 Å². The van der Waals surface area contributed by atoms with Crippen molar-refractivity contribution in [2.45, 2.75) is 43.2 Å². The van der Waals surface area contributed by atoms with E-state index in [9.17, 15) is 4.79 Å². The van der Waals surface area contributed by atoms with Crippen molar-refractivity contribution in [1.29, 1.82) is 0 Å². The Bertz CT molecular complexity index is 1040. The van der Waals surface area contributed by atoms with Gasteiger partial charge in [0.25, 0.3) is 0 Å². The minimum atomic E-state index is -0.0444. The zero-order chi connectivity index (χ0) is 21.6. The van der Waals surface area contributed by atoms with Crippen LogP contribution in [0.2, 0.25) is 0 Å². The Morgan fingerprint density at radius 1 is 1.10 bits per heavy atom. The number of nitrogens with zero attached hydrogens (tertiary/aromatic N) is 3. The van der Waals surface area contributed by atoms with Crippen molar-refractivity contribution in [2.24, 2.45) is 5.92 Å². The fraction of sp³-hybridized carbons (Fsp3) is 0.320. The van der Waals surface area contributed by atoms with Crippen LogP contribution in [0.1, 0.15) is 29.5 Å². The fourth-order valence-corrected chi connectivity index (χ4v) is 4.73. The number of anilines is 1. The SMILES string of the molecule is Cc1ccc(Sc2nccnc2N2CCC[C@@H](C(=O)NCc3ccccc3C)C2)cc1. The number of hydrogen-bond acceptors (Lipinski definition) is 5. The number of benzene rings is 2. The number of piperidine rings is 1. The summed E-state index contributed by atoms with van der Waals surface area (Å²) in [6.07, 6.45) is 5.33. The van der Waals surface area contributed by atoms with E-state index in [4.69, 9.17) is 0 Å². The summed E-state index contributed by atoms with van der Waals surface area (Å²) in [5.74, 6) is 0.936. The van der Waals surface area contributed by atoms with E-state index in [-0.39, 0.29) is 11.8 Å². The van der Waals surface area contributed by atoms with E-state index in [1.54, 1.807) is 24.2 Å². The van der Waals surface area contributed by atoms with Crippen molar-refractivity contribution >= 4 is 23.5 Å². The van der Waals surface area contributed by atoms with Crippen molar-refractivity contribution in [3.8, 4) is 0 Å². The summed E-state index contributed by atoms with van der Waals surface area (Å²) in [5, 5.41) is 4.02. The summed E-state index contributed by atoms with van der Waals surface area (Å²) in [6.45, 7) is 6.29. The Balaban J connectivity index is 1.43. The predicted molar refractivity (Wildman–Crippen MR) is 125 cm³/mol. The zero-order valence-electron chi connectivity index (χ0n) is 18.0. The highest BCUT2D eigenvalue weighted by molar-refractivity contribution is 7.99.